The number of allylic oxidation sites excluding steroid dienone is 2. The molecule has 0 N–H and O–H groups in total. The van der Waals surface area contributed by atoms with Crippen molar-refractivity contribution >= 4 is 21.9 Å². The first-order valence-corrected chi connectivity index (χ1v) is 7.83. The Balaban J connectivity index is 3.80. The average molecular weight is 333 g/mol. The van der Waals surface area contributed by atoms with Gasteiger partial charge in [-0.3, -0.25) is 0 Å². The quantitative estimate of drug-likeness (QED) is 0.199. The fraction of sp³-hybridized carbons (Fsp3) is 0.667. The maximum atomic E-state index is 10.8. The fourth-order valence-electron chi connectivity index (χ4n) is 1.67. The maximum absolute atomic E-state index is 10.8. The lowest BCUT2D eigenvalue weighted by atomic mass is 10.1. The molecule has 1 atom stereocenters. The molecule has 0 radical (unpaired) electrons. The van der Waals surface area contributed by atoms with Crippen molar-refractivity contribution in [1.82, 2.24) is 0 Å². The third-order valence-electron chi connectivity index (χ3n) is 2.65. The van der Waals surface area contributed by atoms with Crippen LogP contribution in [0.4, 0.5) is 0 Å². The molecule has 0 aliphatic heterocycles. The Kier molecular flexibility index (Phi) is 12.0. The van der Waals surface area contributed by atoms with Gasteiger partial charge in [-0.25, -0.2) is 4.79 Å². The summed E-state index contributed by atoms with van der Waals surface area (Å²) in [7, 11) is 1.39. The van der Waals surface area contributed by atoms with Crippen LogP contribution in [0.5, 0.6) is 0 Å². The second-order valence-electron chi connectivity index (χ2n) is 4.34. The van der Waals surface area contributed by atoms with Gasteiger partial charge in [-0.1, -0.05) is 33.7 Å². The Morgan fingerprint density at radius 1 is 1.37 bits per heavy atom. The van der Waals surface area contributed by atoms with E-state index in [-0.39, 0.29) is 12.1 Å². The summed E-state index contributed by atoms with van der Waals surface area (Å²) in [5, 5.41) is 0.869. The molecule has 0 fully saturated rings. The average Bonchev–Trinajstić information content (AvgIpc) is 2.41. The number of unbranched alkanes of at least 4 members (excludes halogenated alkanes) is 2. The minimum Gasteiger partial charge on any atom is -0.466 e. The van der Waals surface area contributed by atoms with Crippen LogP contribution in [0.2, 0.25) is 0 Å². The van der Waals surface area contributed by atoms with Crippen molar-refractivity contribution in [1.29, 1.82) is 0 Å². The van der Waals surface area contributed by atoms with E-state index in [4.69, 9.17) is 4.74 Å². The standard InChI is InChI=1S/C15H25BrO3/c1-4-19-14(12-16)11-13(2)9-7-5-6-8-10-15(17)18-3/h8-10,14H,4-7,11-12H2,1-3H3/b10-8+,13-9+. The van der Waals surface area contributed by atoms with Gasteiger partial charge in [-0.15, -0.1) is 0 Å². The summed E-state index contributed by atoms with van der Waals surface area (Å²) in [5.41, 5.74) is 1.36. The number of alkyl halides is 1. The summed E-state index contributed by atoms with van der Waals surface area (Å²) in [6, 6.07) is 0. The van der Waals surface area contributed by atoms with Crippen molar-refractivity contribution in [2.24, 2.45) is 0 Å². The first kappa shape index (κ1) is 18.4. The van der Waals surface area contributed by atoms with Gasteiger partial charge in [0.15, 0.2) is 0 Å². The van der Waals surface area contributed by atoms with Crippen molar-refractivity contribution in [2.45, 2.75) is 45.6 Å². The minimum atomic E-state index is -0.288. The van der Waals surface area contributed by atoms with Crippen LogP contribution in [-0.2, 0) is 14.3 Å². The zero-order chi connectivity index (χ0) is 14.5. The molecule has 1 unspecified atom stereocenters. The number of carbonyl (C=O) groups excluding carboxylic acids is 1. The van der Waals surface area contributed by atoms with Crippen molar-refractivity contribution < 1.29 is 14.3 Å². The molecule has 0 aromatic rings. The molecule has 0 aromatic heterocycles. The highest BCUT2D eigenvalue weighted by atomic mass is 79.9. The lowest BCUT2D eigenvalue weighted by molar-refractivity contribution is -0.134. The molecular formula is C15H25BrO3. The third-order valence-corrected chi connectivity index (χ3v) is 3.37. The Labute approximate surface area is 125 Å². The topological polar surface area (TPSA) is 35.5 Å². The van der Waals surface area contributed by atoms with Crippen LogP contribution in [0.25, 0.3) is 0 Å². The molecule has 110 valence electrons. The molecule has 0 saturated heterocycles. The number of esters is 1. The number of halogens is 1. The zero-order valence-corrected chi connectivity index (χ0v) is 13.7. The predicted molar refractivity (Wildman–Crippen MR) is 82.6 cm³/mol. The van der Waals surface area contributed by atoms with Crippen molar-refractivity contribution in [3.8, 4) is 0 Å². The first-order chi connectivity index (χ1) is 9.13. The van der Waals surface area contributed by atoms with Gasteiger partial charge in [0, 0.05) is 18.0 Å². The largest absolute Gasteiger partial charge is 0.466 e. The number of carbonyl (C=O) groups is 1. The van der Waals surface area contributed by atoms with E-state index in [1.165, 1.54) is 18.8 Å². The summed E-state index contributed by atoms with van der Waals surface area (Å²) in [6.07, 6.45) is 9.78. The molecule has 0 aliphatic rings. The molecular weight excluding hydrogens is 308 g/mol. The van der Waals surface area contributed by atoms with Crippen molar-refractivity contribution in [3.63, 3.8) is 0 Å². The van der Waals surface area contributed by atoms with Gasteiger partial charge in [0.1, 0.15) is 0 Å². The van der Waals surface area contributed by atoms with Crippen molar-refractivity contribution in [2.75, 3.05) is 19.0 Å². The first-order valence-electron chi connectivity index (χ1n) is 6.71. The molecule has 0 saturated carbocycles. The molecule has 0 aromatic carbocycles. The highest BCUT2D eigenvalue weighted by Crippen LogP contribution is 2.12. The maximum Gasteiger partial charge on any atom is 0.330 e. The summed E-state index contributed by atoms with van der Waals surface area (Å²) in [6.45, 7) is 4.91. The Morgan fingerprint density at radius 2 is 2.11 bits per heavy atom. The smallest absolute Gasteiger partial charge is 0.330 e. The lowest BCUT2D eigenvalue weighted by Gasteiger charge is -2.14. The predicted octanol–water partition coefficient (Wildman–Crippen LogP) is 4.02. The molecule has 0 bridgehead atoms. The molecule has 4 heteroatoms. The molecule has 0 spiro atoms. The highest BCUT2D eigenvalue weighted by Gasteiger charge is 2.06. The zero-order valence-electron chi connectivity index (χ0n) is 12.2. The van der Waals surface area contributed by atoms with Crippen molar-refractivity contribution in [3.05, 3.63) is 23.8 Å². The summed E-state index contributed by atoms with van der Waals surface area (Å²) in [4.78, 5) is 10.8. The monoisotopic (exact) mass is 332 g/mol. The van der Waals surface area contributed by atoms with Gasteiger partial charge < -0.3 is 9.47 Å². The van der Waals surface area contributed by atoms with E-state index >= 15 is 0 Å². The second kappa shape index (κ2) is 12.4. The Hall–Kier alpha value is -0.610. The van der Waals surface area contributed by atoms with Gasteiger partial charge in [0.2, 0.25) is 0 Å². The van der Waals surface area contributed by atoms with Gasteiger partial charge >= 0.3 is 5.97 Å². The minimum absolute atomic E-state index is 0.264. The van der Waals surface area contributed by atoms with Gasteiger partial charge in [-0.2, -0.15) is 0 Å². The Bertz CT molecular complexity index is 298. The normalized spacial score (nSPS) is 13.8. The highest BCUT2D eigenvalue weighted by molar-refractivity contribution is 9.09. The summed E-state index contributed by atoms with van der Waals surface area (Å²) < 4.78 is 10.1. The van der Waals surface area contributed by atoms with E-state index in [1.54, 1.807) is 0 Å². The molecule has 19 heavy (non-hydrogen) atoms. The molecule has 0 aliphatic carbocycles. The van der Waals surface area contributed by atoms with Gasteiger partial charge in [-0.05, 0) is 39.5 Å². The summed E-state index contributed by atoms with van der Waals surface area (Å²) in [5.74, 6) is -0.288. The number of rotatable bonds is 10. The van der Waals surface area contributed by atoms with E-state index in [9.17, 15) is 4.79 Å². The van der Waals surface area contributed by atoms with E-state index in [0.29, 0.717) is 0 Å². The fourth-order valence-corrected chi connectivity index (χ4v) is 2.08. The SMILES string of the molecule is CCOC(CBr)C/C(C)=C/CCC/C=C/C(=O)OC. The molecule has 0 amide bonds. The van der Waals surface area contributed by atoms with E-state index in [2.05, 4.69) is 33.7 Å². The van der Waals surface area contributed by atoms with E-state index < -0.39 is 0 Å². The van der Waals surface area contributed by atoms with Gasteiger partial charge in [0.25, 0.3) is 0 Å². The second-order valence-corrected chi connectivity index (χ2v) is 4.99. The van der Waals surface area contributed by atoms with E-state index in [0.717, 1.165) is 37.6 Å². The van der Waals surface area contributed by atoms with Crippen LogP contribution in [0.1, 0.15) is 39.5 Å². The van der Waals surface area contributed by atoms with E-state index in [1.807, 2.05) is 13.0 Å². The molecule has 0 heterocycles. The lowest BCUT2D eigenvalue weighted by Crippen LogP contribution is -2.14. The van der Waals surface area contributed by atoms with Crippen LogP contribution < -0.4 is 0 Å². The third kappa shape index (κ3) is 11.0. The Morgan fingerprint density at radius 3 is 2.68 bits per heavy atom. The van der Waals surface area contributed by atoms with Gasteiger partial charge in [0.05, 0.1) is 13.2 Å². The summed E-state index contributed by atoms with van der Waals surface area (Å²) >= 11 is 3.46. The number of hydrogen-bond donors (Lipinski definition) is 0. The molecule has 0 rings (SSSR count). The van der Waals surface area contributed by atoms with Crippen LogP contribution in [-0.4, -0.2) is 31.1 Å². The number of hydrogen-bond acceptors (Lipinski definition) is 3. The van der Waals surface area contributed by atoms with Crippen LogP contribution >= 0.6 is 15.9 Å². The van der Waals surface area contributed by atoms with Crippen LogP contribution in [0.3, 0.4) is 0 Å². The molecule has 3 nitrogen and oxygen atoms in total. The van der Waals surface area contributed by atoms with Crippen LogP contribution in [0, 0.1) is 0 Å². The van der Waals surface area contributed by atoms with Crippen LogP contribution in [0.15, 0.2) is 23.8 Å². The number of ether oxygens (including phenoxy) is 2. The number of methoxy groups -OCH3 is 1.